The Kier molecular flexibility index (Phi) is 6.37. The van der Waals surface area contributed by atoms with Crippen LogP contribution in [0.5, 0.6) is 0 Å². The number of anilines is 2. The van der Waals surface area contributed by atoms with Gasteiger partial charge in [-0.05, 0) is 103 Å². The number of hydrogen-bond donors (Lipinski definition) is 2. The fourth-order valence-electron chi connectivity index (χ4n) is 7.68. The van der Waals surface area contributed by atoms with E-state index < -0.39 is 0 Å². The molecule has 2 atom stereocenters. The molecule has 4 nitrogen and oxygen atoms in total. The summed E-state index contributed by atoms with van der Waals surface area (Å²) in [5.41, 5.74) is 12.3. The van der Waals surface area contributed by atoms with Gasteiger partial charge in [0.05, 0.1) is 11.4 Å². The lowest BCUT2D eigenvalue weighted by Crippen LogP contribution is -2.36. The fourth-order valence-corrected chi connectivity index (χ4v) is 7.68. The van der Waals surface area contributed by atoms with Crippen molar-refractivity contribution >= 4 is 23.4 Å². The molecule has 0 aliphatic heterocycles. The normalized spacial score (nSPS) is 25.8. The molecular formula is C33H37N3O. The fraction of sp³-hybridized carbons (Fsp3) is 0.364. The van der Waals surface area contributed by atoms with Gasteiger partial charge >= 0.3 is 0 Å². The zero-order valence-electron chi connectivity index (χ0n) is 21.7. The zero-order valence-corrected chi connectivity index (χ0v) is 21.7. The van der Waals surface area contributed by atoms with E-state index in [1.807, 2.05) is 54.6 Å². The monoisotopic (exact) mass is 491 g/mol. The van der Waals surface area contributed by atoms with E-state index in [0.29, 0.717) is 16.8 Å². The summed E-state index contributed by atoms with van der Waals surface area (Å²) in [4.78, 5) is 15.2. The second-order valence-corrected chi connectivity index (χ2v) is 11.8. The van der Waals surface area contributed by atoms with E-state index in [2.05, 4.69) is 41.5 Å². The number of carbonyl (C=O) groups is 1. The van der Waals surface area contributed by atoms with Crippen molar-refractivity contribution in [3.8, 4) is 11.1 Å². The van der Waals surface area contributed by atoms with Crippen LogP contribution in [0, 0.1) is 23.2 Å². The number of nitrogen functional groups attached to an aromatic ring is 1. The molecule has 2 unspecified atom stereocenters. The summed E-state index contributed by atoms with van der Waals surface area (Å²) >= 11 is 0. The van der Waals surface area contributed by atoms with Crippen LogP contribution in [-0.4, -0.2) is 24.4 Å². The van der Waals surface area contributed by atoms with Gasteiger partial charge in [-0.1, -0.05) is 60.7 Å². The molecule has 0 spiro atoms. The predicted octanol–water partition coefficient (Wildman–Crippen LogP) is 6.85. The molecule has 37 heavy (non-hydrogen) atoms. The van der Waals surface area contributed by atoms with E-state index in [1.165, 1.54) is 44.2 Å². The largest absolute Gasteiger partial charge is 0.397 e. The van der Waals surface area contributed by atoms with Gasteiger partial charge in [0, 0.05) is 19.2 Å². The molecule has 4 aliphatic rings. The highest BCUT2D eigenvalue weighted by Gasteiger charge is 2.57. The number of nitrogens with one attached hydrogen (secondary N) is 1. The van der Waals surface area contributed by atoms with E-state index in [9.17, 15) is 4.79 Å². The third kappa shape index (κ3) is 5.08. The lowest BCUT2D eigenvalue weighted by atomic mass is 9.75. The van der Waals surface area contributed by atoms with Crippen LogP contribution in [0.3, 0.4) is 0 Å². The van der Waals surface area contributed by atoms with Crippen molar-refractivity contribution in [2.45, 2.75) is 38.6 Å². The van der Waals surface area contributed by atoms with Gasteiger partial charge in [-0.15, -0.1) is 0 Å². The first-order chi connectivity index (χ1) is 18.0. The first-order valence-corrected chi connectivity index (χ1v) is 13.7. The second kappa shape index (κ2) is 9.83. The van der Waals surface area contributed by atoms with Gasteiger partial charge in [0.1, 0.15) is 0 Å². The molecule has 0 heterocycles. The highest BCUT2D eigenvalue weighted by Crippen LogP contribution is 2.65. The zero-order chi connectivity index (χ0) is 25.4. The van der Waals surface area contributed by atoms with Crippen molar-refractivity contribution in [1.29, 1.82) is 0 Å². The van der Waals surface area contributed by atoms with Crippen molar-refractivity contribution in [2.75, 3.05) is 24.6 Å². The maximum atomic E-state index is 12.6. The molecule has 4 fully saturated rings. The van der Waals surface area contributed by atoms with Crippen LogP contribution in [0.25, 0.3) is 17.2 Å². The molecule has 4 bridgehead atoms. The molecule has 4 aliphatic carbocycles. The molecular weight excluding hydrogens is 454 g/mol. The van der Waals surface area contributed by atoms with E-state index in [-0.39, 0.29) is 5.91 Å². The van der Waals surface area contributed by atoms with Crippen LogP contribution in [0.4, 0.5) is 11.4 Å². The van der Waals surface area contributed by atoms with Crippen LogP contribution in [-0.2, 0) is 11.3 Å². The van der Waals surface area contributed by atoms with Gasteiger partial charge in [0.2, 0.25) is 5.91 Å². The van der Waals surface area contributed by atoms with Gasteiger partial charge in [0.25, 0.3) is 0 Å². The van der Waals surface area contributed by atoms with E-state index in [0.717, 1.165) is 41.0 Å². The summed E-state index contributed by atoms with van der Waals surface area (Å²) in [6.45, 7) is 2.21. The van der Waals surface area contributed by atoms with Gasteiger partial charge in [-0.25, -0.2) is 0 Å². The maximum absolute atomic E-state index is 12.6. The smallest absolute Gasteiger partial charge is 0.248 e. The van der Waals surface area contributed by atoms with E-state index in [4.69, 9.17) is 5.73 Å². The summed E-state index contributed by atoms with van der Waals surface area (Å²) in [7, 11) is 2.28. The highest BCUT2D eigenvalue weighted by molar-refractivity contribution is 6.04. The summed E-state index contributed by atoms with van der Waals surface area (Å²) in [6.07, 6.45) is 10.8. The third-order valence-corrected chi connectivity index (χ3v) is 9.02. The highest BCUT2D eigenvalue weighted by atomic mass is 16.1. The SMILES string of the molecule is CN(Cc1ccc(/C=C/C(=O)Nc2cc(-c3ccccc3)ccc2N)cc1)CC12CC3CC(CC1C3)C2. The summed E-state index contributed by atoms with van der Waals surface area (Å²) < 4.78 is 0. The standard InChI is InChI=1S/C33H37N3O/c1-36(22-33-19-25-15-26(20-33)17-29(33)16-25)21-24-9-7-23(8-10-24)11-14-32(37)35-31-18-28(12-13-30(31)34)27-5-3-2-4-6-27/h2-14,18,25-26,29H,15-17,19-22,34H2,1H3,(H,35,37)/b14-11+. The predicted molar refractivity (Wildman–Crippen MR) is 153 cm³/mol. The number of nitrogens with two attached hydrogens (primary N) is 1. The summed E-state index contributed by atoms with van der Waals surface area (Å²) in [6, 6.07) is 24.4. The molecule has 3 aromatic rings. The molecule has 4 heteroatoms. The summed E-state index contributed by atoms with van der Waals surface area (Å²) in [5.74, 6) is 2.81. The summed E-state index contributed by atoms with van der Waals surface area (Å²) in [5, 5.41) is 2.93. The van der Waals surface area contributed by atoms with Crippen molar-refractivity contribution in [2.24, 2.45) is 23.2 Å². The van der Waals surface area contributed by atoms with Crippen LogP contribution < -0.4 is 11.1 Å². The average Bonchev–Trinajstić information content (AvgIpc) is 3.27. The van der Waals surface area contributed by atoms with E-state index >= 15 is 0 Å². The van der Waals surface area contributed by atoms with Crippen molar-refractivity contribution in [1.82, 2.24) is 4.90 Å². The first-order valence-electron chi connectivity index (χ1n) is 13.7. The topological polar surface area (TPSA) is 58.4 Å². The number of carbonyl (C=O) groups excluding carboxylic acids is 1. The minimum absolute atomic E-state index is 0.194. The maximum Gasteiger partial charge on any atom is 0.248 e. The Hall–Kier alpha value is -3.37. The van der Waals surface area contributed by atoms with Crippen LogP contribution >= 0.6 is 0 Å². The number of benzene rings is 3. The average molecular weight is 492 g/mol. The van der Waals surface area contributed by atoms with Gasteiger partial charge < -0.3 is 16.0 Å². The quantitative estimate of drug-likeness (QED) is 0.268. The molecule has 0 aromatic heterocycles. The Bertz CT molecular complexity index is 1280. The number of rotatable bonds is 8. The van der Waals surface area contributed by atoms with Crippen LogP contribution in [0.2, 0.25) is 0 Å². The number of nitrogens with zero attached hydrogens (tertiary/aromatic N) is 1. The molecule has 1 amide bonds. The molecule has 0 radical (unpaired) electrons. The Labute approximate surface area is 220 Å². The number of hydrogen-bond acceptors (Lipinski definition) is 3. The Morgan fingerprint density at radius 1 is 0.973 bits per heavy atom. The van der Waals surface area contributed by atoms with Crippen molar-refractivity contribution in [3.63, 3.8) is 0 Å². The van der Waals surface area contributed by atoms with Gasteiger partial charge in [-0.2, -0.15) is 0 Å². The van der Waals surface area contributed by atoms with Gasteiger partial charge in [-0.3, -0.25) is 4.79 Å². The van der Waals surface area contributed by atoms with Gasteiger partial charge in [0.15, 0.2) is 0 Å². The van der Waals surface area contributed by atoms with E-state index in [1.54, 1.807) is 6.08 Å². The first kappa shape index (κ1) is 24.0. The Balaban J connectivity index is 1.04. The second-order valence-electron chi connectivity index (χ2n) is 11.8. The molecule has 7 rings (SSSR count). The van der Waals surface area contributed by atoms with Crippen LogP contribution in [0.1, 0.15) is 43.2 Å². The third-order valence-electron chi connectivity index (χ3n) is 9.02. The molecule has 3 N–H and O–H groups in total. The van der Waals surface area contributed by atoms with Crippen molar-refractivity contribution < 1.29 is 4.79 Å². The minimum atomic E-state index is -0.194. The minimum Gasteiger partial charge on any atom is -0.397 e. The lowest BCUT2D eigenvalue weighted by Gasteiger charge is -2.36. The molecule has 0 saturated heterocycles. The number of amides is 1. The Morgan fingerprint density at radius 2 is 1.70 bits per heavy atom. The van der Waals surface area contributed by atoms with Crippen molar-refractivity contribution in [3.05, 3.63) is 90.0 Å². The lowest BCUT2D eigenvalue weighted by molar-refractivity contribution is -0.111. The van der Waals surface area contributed by atoms with Crippen LogP contribution in [0.15, 0.2) is 78.9 Å². The molecule has 190 valence electrons. The Morgan fingerprint density at radius 3 is 2.43 bits per heavy atom. The molecule has 3 aromatic carbocycles. The molecule has 4 saturated carbocycles.